The minimum atomic E-state index is -3.97. The van der Waals surface area contributed by atoms with Crippen molar-refractivity contribution in [2.45, 2.75) is 17.4 Å². The van der Waals surface area contributed by atoms with Crippen LogP contribution in [0.4, 0.5) is 5.69 Å². The molecule has 8 nitrogen and oxygen atoms in total. The zero-order valence-corrected chi connectivity index (χ0v) is 13.9. The molecule has 9 heteroatoms. The van der Waals surface area contributed by atoms with Crippen LogP contribution in [0.3, 0.4) is 0 Å². The number of hydrogen-bond donors (Lipinski definition) is 0. The van der Waals surface area contributed by atoms with E-state index in [-0.39, 0.29) is 11.4 Å². The topological polar surface area (TPSA) is 99.0 Å². The summed E-state index contributed by atoms with van der Waals surface area (Å²) in [5, 5.41) is 11.5. The first-order chi connectivity index (χ1) is 11.9. The maximum Gasteiger partial charge on any atom is 0.317 e. The van der Waals surface area contributed by atoms with Gasteiger partial charge in [-0.15, -0.1) is 0 Å². The largest absolute Gasteiger partial charge is 0.382 e. The highest BCUT2D eigenvalue weighted by molar-refractivity contribution is 7.87. The summed E-state index contributed by atoms with van der Waals surface area (Å²) in [4.78, 5) is 16.3. The number of benzene rings is 2. The predicted molar refractivity (Wildman–Crippen MR) is 87.2 cm³/mol. The van der Waals surface area contributed by atoms with Crippen molar-refractivity contribution in [1.29, 1.82) is 0 Å². The maximum absolute atomic E-state index is 12.7. The lowest BCUT2D eigenvalue weighted by Crippen LogP contribution is -2.38. The van der Waals surface area contributed by atoms with Crippen LogP contribution in [0.15, 0.2) is 48.5 Å². The van der Waals surface area contributed by atoms with E-state index >= 15 is 0 Å². The summed E-state index contributed by atoms with van der Waals surface area (Å²) in [6, 6.07) is 12.1. The van der Waals surface area contributed by atoms with Crippen LogP contribution >= 0.6 is 0 Å². The van der Waals surface area contributed by atoms with E-state index in [1.807, 2.05) is 6.07 Å². The number of nitro groups is 1. The normalized spacial score (nSPS) is 27.2. The van der Waals surface area contributed by atoms with Crippen molar-refractivity contribution in [1.82, 2.24) is 5.06 Å². The first-order valence-electron chi connectivity index (χ1n) is 7.55. The second-order valence-corrected chi connectivity index (χ2v) is 7.64. The second kappa shape index (κ2) is 5.51. The quantitative estimate of drug-likeness (QED) is 0.459. The molecule has 2 aromatic rings. The highest BCUT2D eigenvalue weighted by atomic mass is 32.2. The van der Waals surface area contributed by atoms with Crippen molar-refractivity contribution in [2.24, 2.45) is 0 Å². The van der Waals surface area contributed by atoms with E-state index in [1.165, 1.54) is 23.3 Å². The van der Waals surface area contributed by atoms with E-state index in [0.717, 1.165) is 0 Å². The Bertz CT molecular complexity index is 946. The lowest BCUT2D eigenvalue weighted by Gasteiger charge is -2.29. The average molecular weight is 362 g/mol. The lowest BCUT2D eigenvalue weighted by molar-refractivity contribution is -0.385. The highest BCUT2D eigenvalue weighted by Crippen LogP contribution is 2.51. The molecule has 4 rings (SSSR count). The van der Waals surface area contributed by atoms with E-state index in [4.69, 9.17) is 9.02 Å². The van der Waals surface area contributed by atoms with Crippen LogP contribution in [0, 0.1) is 10.1 Å². The summed E-state index contributed by atoms with van der Waals surface area (Å²) < 4.78 is 30.6. The zero-order chi connectivity index (χ0) is 17.8. The molecule has 0 aliphatic carbocycles. The second-order valence-electron chi connectivity index (χ2n) is 5.95. The molecule has 25 heavy (non-hydrogen) atoms. The summed E-state index contributed by atoms with van der Waals surface area (Å²) in [7, 11) is -2.36. The van der Waals surface area contributed by atoms with E-state index in [9.17, 15) is 18.5 Å². The summed E-state index contributed by atoms with van der Waals surface area (Å²) >= 11 is 0. The van der Waals surface area contributed by atoms with Crippen molar-refractivity contribution in [3.63, 3.8) is 0 Å². The van der Waals surface area contributed by atoms with Crippen LogP contribution in [-0.4, -0.2) is 30.7 Å². The van der Waals surface area contributed by atoms with Gasteiger partial charge in [-0.2, -0.15) is 13.5 Å². The molecule has 130 valence electrons. The fourth-order valence-corrected chi connectivity index (χ4v) is 5.05. The Hall–Kier alpha value is -2.49. The van der Waals surface area contributed by atoms with Crippen LogP contribution in [0.1, 0.15) is 23.3 Å². The van der Waals surface area contributed by atoms with Gasteiger partial charge in [0.25, 0.3) is 5.69 Å². The predicted octanol–water partition coefficient (Wildman–Crippen LogP) is 2.35. The maximum atomic E-state index is 12.7. The summed E-state index contributed by atoms with van der Waals surface area (Å²) in [6.45, 7) is 0. The van der Waals surface area contributed by atoms with E-state index in [0.29, 0.717) is 11.1 Å². The van der Waals surface area contributed by atoms with Crippen molar-refractivity contribution in [3.05, 3.63) is 69.8 Å². The Kier molecular flexibility index (Phi) is 3.53. The highest BCUT2D eigenvalue weighted by Gasteiger charge is 2.55. The Morgan fingerprint density at radius 1 is 1.16 bits per heavy atom. The van der Waals surface area contributed by atoms with Crippen LogP contribution in [0.25, 0.3) is 0 Å². The number of nitro benzene ring substituents is 1. The van der Waals surface area contributed by atoms with E-state index < -0.39 is 32.4 Å². The van der Waals surface area contributed by atoms with Gasteiger partial charge in [0.15, 0.2) is 5.25 Å². The summed E-state index contributed by atoms with van der Waals surface area (Å²) in [5.74, 6) is 0.0935. The molecule has 0 amide bonds. The lowest BCUT2D eigenvalue weighted by atomic mass is 9.96. The molecule has 2 aliphatic rings. The van der Waals surface area contributed by atoms with Gasteiger partial charge in [-0.1, -0.05) is 30.3 Å². The Morgan fingerprint density at radius 2 is 1.88 bits per heavy atom. The smallest absolute Gasteiger partial charge is 0.317 e. The molecule has 0 saturated carbocycles. The first-order valence-corrected chi connectivity index (χ1v) is 9.02. The van der Waals surface area contributed by atoms with Gasteiger partial charge in [-0.3, -0.25) is 15.0 Å². The number of fused-ring (bicyclic) bond motifs is 3. The monoisotopic (exact) mass is 362 g/mol. The third kappa shape index (κ3) is 2.48. The van der Waals surface area contributed by atoms with E-state index in [1.54, 1.807) is 31.3 Å². The Balaban J connectivity index is 1.87. The number of rotatable bonds is 2. The molecule has 3 atom stereocenters. The molecule has 0 aromatic heterocycles. The van der Waals surface area contributed by atoms with Crippen LogP contribution in [0.5, 0.6) is 5.75 Å². The fourth-order valence-electron chi connectivity index (χ4n) is 3.39. The fraction of sp³-hybridized carbons (Fsp3) is 0.250. The van der Waals surface area contributed by atoms with Crippen molar-refractivity contribution >= 4 is 15.8 Å². The molecule has 1 saturated heterocycles. The average Bonchev–Trinajstić information content (AvgIpc) is 2.94. The van der Waals surface area contributed by atoms with E-state index in [2.05, 4.69) is 0 Å². The molecule has 2 aromatic carbocycles. The van der Waals surface area contributed by atoms with Crippen molar-refractivity contribution in [3.8, 4) is 5.75 Å². The van der Waals surface area contributed by atoms with Gasteiger partial charge in [0.2, 0.25) is 0 Å². The minimum absolute atomic E-state index is 0.0935. The first kappa shape index (κ1) is 16.0. The molecule has 2 aliphatic heterocycles. The SMILES string of the molecule is CN1O[C@@H](c2ccccc2)[C@H]2[C@@H]1c1cc([N+](=O)[O-])ccc1OS2(=O)=O. The minimum Gasteiger partial charge on any atom is -0.382 e. The van der Waals surface area contributed by atoms with Crippen LogP contribution < -0.4 is 4.18 Å². The Morgan fingerprint density at radius 3 is 2.56 bits per heavy atom. The van der Waals surface area contributed by atoms with Gasteiger partial charge in [-0.25, -0.2) is 0 Å². The Labute approximate surface area is 143 Å². The third-order valence-electron chi connectivity index (χ3n) is 4.47. The van der Waals surface area contributed by atoms with Gasteiger partial charge < -0.3 is 4.18 Å². The number of hydroxylamine groups is 2. The standard InChI is InChI=1S/C16H14N2O6S/c1-17-14-12-9-11(18(19)20)7-8-13(12)24-25(21,22)16(14)15(23-17)10-5-3-2-4-6-10/h2-9,14-16H,1H3/t14-,15-,16+/m0/s1. The molecular weight excluding hydrogens is 348 g/mol. The van der Waals surface area contributed by atoms with Crippen LogP contribution in [0.2, 0.25) is 0 Å². The molecule has 0 bridgehead atoms. The molecule has 0 radical (unpaired) electrons. The molecule has 0 spiro atoms. The van der Waals surface area contributed by atoms with Gasteiger partial charge in [0.1, 0.15) is 11.9 Å². The third-order valence-corrected chi connectivity index (χ3v) is 6.05. The van der Waals surface area contributed by atoms with Gasteiger partial charge in [-0.05, 0) is 11.6 Å². The number of nitrogens with zero attached hydrogens (tertiary/aromatic N) is 2. The van der Waals surface area contributed by atoms with Crippen molar-refractivity contribution < 1.29 is 22.4 Å². The van der Waals surface area contributed by atoms with Gasteiger partial charge in [0.05, 0.1) is 11.0 Å². The molecule has 2 heterocycles. The molecule has 0 unspecified atom stereocenters. The number of hydrogen-bond acceptors (Lipinski definition) is 7. The zero-order valence-electron chi connectivity index (χ0n) is 13.1. The number of non-ortho nitro benzene ring substituents is 1. The van der Waals surface area contributed by atoms with Gasteiger partial charge >= 0.3 is 10.1 Å². The summed E-state index contributed by atoms with van der Waals surface area (Å²) in [6.07, 6.45) is -0.756. The summed E-state index contributed by atoms with van der Waals surface area (Å²) in [5.41, 5.74) is 0.995. The van der Waals surface area contributed by atoms with Crippen molar-refractivity contribution in [2.75, 3.05) is 7.05 Å². The molecule has 1 fully saturated rings. The molecular formula is C16H14N2O6S. The van der Waals surface area contributed by atoms with Gasteiger partial charge in [0, 0.05) is 24.7 Å². The van der Waals surface area contributed by atoms with Crippen LogP contribution in [-0.2, 0) is 15.0 Å². The molecule has 0 N–H and O–H groups in total.